The van der Waals surface area contributed by atoms with Gasteiger partial charge in [0, 0.05) is 23.6 Å². The number of hydrogen-bond donors (Lipinski definition) is 0. The van der Waals surface area contributed by atoms with Gasteiger partial charge >= 0.3 is 6.18 Å². The highest BCUT2D eigenvalue weighted by Crippen LogP contribution is 2.28. The highest BCUT2D eigenvalue weighted by atomic mass is 19.4. The second-order valence-corrected chi connectivity index (χ2v) is 5.60. The van der Waals surface area contributed by atoms with Crippen molar-refractivity contribution in [3.8, 4) is 5.75 Å². The minimum absolute atomic E-state index is 0.313. The van der Waals surface area contributed by atoms with Crippen LogP contribution in [0.5, 0.6) is 5.75 Å². The summed E-state index contributed by atoms with van der Waals surface area (Å²) < 4.78 is 45.6. The van der Waals surface area contributed by atoms with E-state index < -0.39 is 12.0 Å². The first kappa shape index (κ1) is 17.1. The first-order chi connectivity index (χ1) is 12.0. The van der Waals surface area contributed by atoms with E-state index in [1.807, 2.05) is 30.3 Å². The fraction of sp³-hybridized carbons (Fsp3) is 0.211. The van der Waals surface area contributed by atoms with E-state index in [1.165, 1.54) is 12.3 Å². The van der Waals surface area contributed by atoms with Gasteiger partial charge in [-0.05, 0) is 24.6 Å². The van der Waals surface area contributed by atoms with Crippen LogP contribution >= 0.6 is 0 Å². The summed E-state index contributed by atoms with van der Waals surface area (Å²) in [5, 5.41) is 0.314. The van der Waals surface area contributed by atoms with Crippen LogP contribution in [0.25, 0.3) is 10.9 Å². The molecule has 0 atom stereocenters. The molecule has 1 aromatic heterocycles. The van der Waals surface area contributed by atoms with Crippen LogP contribution in [-0.4, -0.2) is 23.1 Å². The quantitative estimate of drug-likeness (QED) is 0.471. The number of benzene rings is 2. The number of aromatic nitrogens is 1. The molecule has 0 saturated carbocycles. The summed E-state index contributed by atoms with van der Waals surface area (Å²) in [5.41, 5.74) is 0.293. The molecule has 1 heterocycles. The lowest BCUT2D eigenvalue weighted by Gasteiger charge is -2.07. The summed E-state index contributed by atoms with van der Waals surface area (Å²) in [6.45, 7) is 0.886. The molecule has 0 radical (unpaired) electrons. The number of carbonyl (C=O) groups excluding carboxylic acids is 1. The molecule has 3 nitrogen and oxygen atoms in total. The Morgan fingerprint density at radius 1 is 1.00 bits per heavy atom. The lowest BCUT2D eigenvalue weighted by molar-refractivity contribution is -0.0884. The topological polar surface area (TPSA) is 31.2 Å². The number of fused-ring (bicyclic) bond motifs is 1. The van der Waals surface area contributed by atoms with Crippen molar-refractivity contribution in [2.75, 3.05) is 6.61 Å². The summed E-state index contributed by atoms with van der Waals surface area (Å²) in [5.74, 6) is -1.07. The Bertz CT molecular complexity index is 869. The van der Waals surface area contributed by atoms with Crippen molar-refractivity contribution in [3.05, 3.63) is 66.4 Å². The molecular formula is C19H16F3NO2. The average molecular weight is 347 g/mol. The summed E-state index contributed by atoms with van der Waals surface area (Å²) >= 11 is 0. The Hall–Kier alpha value is -2.76. The van der Waals surface area contributed by atoms with Gasteiger partial charge in [0.1, 0.15) is 5.75 Å². The highest BCUT2D eigenvalue weighted by molar-refractivity contribution is 6.10. The van der Waals surface area contributed by atoms with Gasteiger partial charge in [-0.15, -0.1) is 0 Å². The molecular weight excluding hydrogens is 331 g/mol. The van der Waals surface area contributed by atoms with Crippen molar-refractivity contribution in [3.63, 3.8) is 0 Å². The van der Waals surface area contributed by atoms with Crippen molar-refractivity contribution in [2.45, 2.75) is 19.1 Å². The Balaban J connectivity index is 1.74. The molecule has 25 heavy (non-hydrogen) atoms. The van der Waals surface area contributed by atoms with E-state index in [1.54, 1.807) is 22.8 Å². The number of ketones is 1. The summed E-state index contributed by atoms with van der Waals surface area (Å²) in [4.78, 5) is 11.6. The Morgan fingerprint density at radius 2 is 1.68 bits per heavy atom. The smallest absolute Gasteiger partial charge is 0.454 e. The lowest BCUT2D eigenvalue weighted by Crippen LogP contribution is -2.22. The van der Waals surface area contributed by atoms with Gasteiger partial charge in [0.25, 0.3) is 5.78 Å². The lowest BCUT2D eigenvalue weighted by atomic mass is 10.1. The molecule has 0 aliphatic carbocycles. The monoisotopic (exact) mass is 347 g/mol. The van der Waals surface area contributed by atoms with Gasteiger partial charge in [-0.3, -0.25) is 4.79 Å². The van der Waals surface area contributed by atoms with E-state index in [2.05, 4.69) is 0 Å². The maximum atomic E-state index is 12.8. The highest BCUT2D eigenvalue weighted by Gasteiger charge is 2.40. The Labute approximate surface area is 142 Å². The SMILES string of the molecule is O=C(c1cn(CCCOc2ccccc2)c2ccccc12)C(F)(F)F. The maximum Gasteiger partial charge on any atom is 0.454 e. The van der Waals surface area contributed by atoms with E-state index in [0.29, 0.717) is 30.5 Å². The normalized spacial score (nSPS) is 11.6. The molecule has 0 spiro atoms. The Kier molecular flexibility index (Phi) is 4.79. The molecule has 0 unspecified atom stereocenters. The summed E-state index contributed by atoms with van der Waals surface area (Å²) in [6.07, 6.45) is -3.00. The van der Waals surface area contributed by atoms with Gasteiger partial charge in [-0.1, -0.05) is 36.4 Å². The molecule has 0 saturated heterocycles. The van der Waals surface area contributed by atoms with Crippen molar-refractivity contribution in [1.82, 2.24) is 4.57 Å². The second kappa shape index (κ2) is 7.01. The summed E-state index contributed by atoms with van der Waals surface area (Å²) in [7, 11) is 0. The van der Waals surface area contributed by atoms with Gasteiger partial charge < -0.3 is 9.30 Å². The zero-order valence-corrected chi connectivity index (χ0v) is 13.3. The fourth-order valence-corrected chi connectivity index (χ4v) is 2.71. The third-order valence-corrected chi connectivity index (χ3v) is 3.85. The van der Waals surface area contributed by atoms with Gasteiger partial charge in [0.05, 0.1) is 12.2 Å². The third-order valence-electron chi connectivity index (χ3n) is 3.85. The number of alkyl halides is 3. The standard InChI is InChI=1S/C19H16F3NO2/c20-19(21,22)18(24)16-13-23(17-10-5-4-9-15(16)17)11-6-12-25-14-7-2-1-3-8-14/h1-5,7-10,13H,6,11-12H2. The van der Waals surface area contributed by atoms with E-state index in [-0.39, 0.29) is 5.56 Å². The number of aryl methyl sites for hydroxylation is 1. The van der Waals surface area contributed by atoms with E-state index in [9.17, 15) is 18.0 Å². The molecule has 0 amide bonds. The molecule has 3 rings (SSSR count). The van der Waals surface area contributed by atoms with Gasteiger partial charge in [-0.2, -0.15) is 13.2 Å². The van der Waals surface area contributed by atoms with Gasteiger partial charge in [0.15, 0.2) is 0 Å². The molecule has 0 fully saturated rings. The van der Waals surface area contributed by atoms with Crippen LogP contribution in [0, 0.1) is 0 Å². The predicted molar refractivity (Wildman–Crippen MR) is 88.9 cm³/mol. The number of hydrogen-bond acceptors (Lipinski definition) is 2. The zero-order valence-electron chi connectivity index (χ0n) is 13.3. The number of Topliss-reactive ketones (excluding diaryl/α,β-unsaturated/α-hetero) is 1. The van der Waals surface area contributed by atoms with Crippen molar-refractivity contribution < 1.29 is 22.7 Å². The molecule has 0 N–H and O–H groups in total. The van der Waals surface area contributed by atoms with E-state index in [4.69, 9.17) is 4.74 Å². The number of para-hydroxylation sites is 2. The van der Waals surface area contributed by atoms with Crippen LogP contribution < -0.4 is 4.74 Å². The van der Waals surface area contributed by atoms with Crippen LogP contribution in [-0.2, 0) is 6.54 Å². The van der Waals surface area contributed by atoms with E-state index >= 15 is 0 Å². The average Bonchev–Trinajstić information content (AvgIpc) is 2.97. The zero-order chi connectivity index (χ0) is 17.9. The number of rotatable bonds is 6. The molecule has 0 aliphatic heterocycles. The molecule has 3 aromatic rings. The number of ether oxygens (including phenoxy) is 1. The molecule has 130 valence electrons. The fourth-order valence-electron chi connectivity index (χ4n) is 2.71. The molecule has 0 bridgehead atoms. The Morgan fingerprint density at radius 3 is 2.40 bits per heavy atom. The van der Waals surface area contributed by atoms with Crippen LogP contribution in [0.3, 0.4) is 0 Å². The first-order valence-corrected chi connectivity index (χ1v) is 7.84. The van der Waals surface area contributed by atoms with Gasteiger partial charge in [-0.25, -0.2) is 0 Å². The maximum absolute atomic E-state index is 12.8. The minimum Gasteiger partial charge on any atom is -0.494 e. The van der Waals surface area contributed by atoms with Crippen molar-refractivity contribution >= 4 is 16.7 Å². The van der Waals surface area contributed by atoms with Crippen LogP contribution in [0.4, 0.5) is 13.2 Å². The molecule has 0 aliphatic rings. The summed E-state index contributed by atoms with van der Waals surface area (Å²) in [6, 6.07) is 15.9. The van der Waals surface area contributed by atoms with Crippen molar-refractivity contribution in [1.29, 1.82) is 0 Å². The number of halogens is 3. The second-order valence-electron chi connectivity index (χ2n) is 5.60. The largest absolute Gasteiger partial charge is 0.494 e. The van der Waals surface area contributed by atoms with Crippen LogP contribution in [0.1, 0.15) is 16.8 Å². The predicted octanol–water partition coefficient (Wildman–Crippen LogP) is 4.86. The first-order valence-electron chi connectivity index (χ1n) is 7.84. The van der Waals surface area contributed by atoms with Gasteiger partial charge in [0.2, 0.25) is 0 Å². The van der Waals surface area contributed by atoms with Crippen molar-refractivity contribution in [2.24, 2.45) is 0 Å². The third kappa shape index (κ3) is 3.84. The van der Waals surface area contributed by atoms with Crippen LogP contribution in [0.2, 0.25) is 0 Å². The molecule has 2 aromatic carbocycles. The van der Waals surface area contributed by atoms with E-state index in [0.717, 1.165) is 5.75 Å². The minimum atomic E-state index is -4.88. The number of nitrogens with zero attached hydrogens (tertiary/aromatic N) is 1. The molecule has 6 heteroatoms. The number of carbonyl (C=O) groups is 1. The van der Waals surface area contributed by atoms with Crippen LogP contribution in [0.15, 0.2) is 60.8 Å².